The van der Waals surface area contributed by atoms with E-state index in [9.17, 15) is 0 Å². The Kier molecular flexibility index (Phi) is 7.84. The lowest BCUT2D eigenvalue weighted by Gasteiger charge is -2.07. The van der Waals surface area contributed by atoms with E-state index in [1.807, 2.05) is 36.4 Å². The second-order valence-corrected chi connectivity index (χ2v) is 8.34. The third-order valence-electron chi connectivity index (χ3n) is 3.51. The molecule has 0 aliphatic carbocycles. The summed E-state index contributed by atoms with van der Waals surface area (Å²) in [5.74, 6) is 0.380. The second-order valence-electron chi connectivity index (χ2n) is 5.48. The van der Waals surface area contributed by atoms with Gasteiger partial charge in [-0.3, -0.25) is 0 Å². The molecule has 0 atom stereocenters. The van der Waals surface area contributed by atoms with Gasteiger partial charge in [-0.05, 0) is 59.6 Å². The number of aliphatic hydroxyl groups is 1. The summed E-state index contributed by atoms with van der Waals surface area (Å²) in [5, 5.41) is 10.9. The Morgan fingerprint density at radius 3 is 1.97 bits per heavy atom. The van der Waals surface area contributed by atoms with E-state index in [0.29, 0.717) is 16.5 Å². The van der Waals surface area contributed by atoms with E-state index in [1.165, 1.54) is 0 Å². The number of fused-ring (bicyclic) bond motifs is 2. The molecule has 0 amide bonds. The number of hydrogen-bond acceptors (Lipinski definition) is 6. The summed E-state index contributed by atoms with van der Waals surface area (Å²) in [6, 6.07) is 11.1. The molecule has 0 spiro atoms. The van der Waals surface area contributed by atoms with Crippen LogP contribution in [0, 0.1) is 0 Å². The molecule has 4 aromatic rings. The number of halogens is 5. The maximum atomic E-state index is 8.71. The summed E-state index contributed by atoms with van der Waals surface area (Å²) in [5.41, 5.74) is 1.45. The van der Waals surface area contributed by atoms with Gasteiger partial charge < -0.3 is 9.84 Å². The maximum Gasteiger partial charge on any atom is 0.226 e. The summed E-state index contributed by atoms with van der Waals surface area (Å²) in [6.07, 6.45) is 0. The van der Waals surface area contributed by atoms with E-state index in [4.69, 9.17) is 44.6 Å². The first-order valence-corrected chi connectivity index (χ1v) is 10.7. The van der Waals surface area contributed by atoms with Crippen molar-refractivity contribution in [2.24, 2.45) is 0 Å². The Bertz CT molecular complexity index is 1180. The Hall–Kier alpha value is -1.29. The minimum Gasteiger partial charge on any atom is -0.475 e. The Morgan fingerprint density at radius 2 is 1.34 bits per heavy atom. The first-order valence-electron chi connectivity index (χ1n) is 8.02. The highest BCUT2D eigenvalue weighted by molar-refractivity contribution is 9.10. The van der Waals surface area contributed by atoms with Crippen LogP contribution in [0.15, 0.2) is 45.3 Å². The van der Waals surface area contributed by atoms with Crippen molar-refractivity contribution in [3.8, 4) is 5.88 Å². The van der Waals surface area contributed by atoms with Crippen molar-refractivity contribution in [3.05, 3.63) is 61.1 Å². The molecule has 11 heteroatoms. The molecular weight excluding hydrogens is 570 g/mol. The summed E-state index contributed by atoms with van der Waals surface area (Å²) in [6.45, 7) is 0.103. The van der Waals surface area contributed by atoms with Crippen LogP contribution in [0.3, 0.4) is 0 Å². The van der Waals surface area contributed by atoms with Crippen LogP contribution in [0.4, 0.5) is 0 Å². The van der Waals surface area contributed by atoms with Crippen molar-refractivity contribution < 1.29 is 9.84 Å². The van der Waals surface area contributed by atoms with Crippen LogP contribution in [0.5, 0.6) is 5.88 Å². The first kappa shape index (κ1) is 22.4. The van der Waals surface area contributed by atoms with Crippen LogP contribution in [0.2, 0.25) is 15.7 Å². The van der Waals surface area contributed by atoms with Gasteiger partial charge in [-0.15, -0.1) is 0 Å². The number of nitrogens with zero attached hydrogens (tertiary/aromatic N) is 4. The third kappa shape index (κ3) is 5.87. The molecule has 0 saturated heterocycles. The highest BCUT2D eigenvalue weighted by atomic mass is 79.9. The van der Waals surface area contributed by atoms with Crippen LogP contribution >= 0.6 is 66.7 Å². The smallest absolute Gasteiger partial charge is 0.226 e. The van der Waals surface area contributed by atoms with Crippen LogP contribution in [-0.2, 0) is 0 Å². The summed E-state index contributed by atoms with van der Waals surface area (Å²) < 4.78 is 7.14. The largest absolute Gasteiger partial charge is 0.475 e. The van der Waals surface area contributed by atoms with Gasteiger partial charge in [0, 0.05) is 14.3 Å². The van der Waals surface area contributed by atoms with E-state index in [1.54, 1.807) is 0 Å². The number of aromatic nitrogens is 4. The predicted octanol–water partition coefficient (Wildman–Crippen LogP) is 6.12. The van der Waals surface area contributed by atoms with Gasteiger partial charge in [0.05, 0.1) is 23.0 Å². The lowest BCUT2D eigenvalue weighted by molar-refractivity contribution is 0.198. The SMILES string of the molecule is Clc1nc(Cl)c2cc(Br)ccc2n1.OCCOc1nc(Cl)nc2ccc(Br)cc12. The Labute approximate surface area is 197 Å². The van der Waals surface area contributed by atoms with Gasteiger partial charge in [0.15, 0.2) is 0 Å². The van der Waals surface area contributed by atoms with Gasteiger partial charge in [-0.1, -0.05) is 43.5 Å². The fraction of sp³-hybridized carbons (Fsp3) is 0.111. The number of aliphatic hydroxyl groups excluding tert-OH is 1. The zero-order chi connectivity index (χ0) is 21.0. The molecule has 4 rings (SSSR count). The Balaban J connectivity index is 0.000000169. The van der Waals surface area contributed by atoms with Crippen LogP contribution in [-0.4, -0.2) is 38.3 Å². The number of benzene rings is 2. The van der Waals surface area contributed by atoms with Gasteiger partial charge in [0.1, 0.15) is 11.8 Å². The number of hydrogen-bond donors (Lipinski definition) is 1. The van der Waals surface area contributed by atoms with Crippen molar-refractivity contribution in [3.63, 3.8) is 0 Å². The molecule has 0 radical (unpaired) electrons. The quantitative estimate of drug-likeness (QED) is 0.232. The van der Waals surface area contributed by atoms with E-state index in [2.05, 4.69) is 51.8 Å². The molecule has 29 heavy (non-hydrogen) atoms. The van der Waals surface area contributed by atoms with Crippen LogP contribution < -0.4 is 4.74 Å². The molecule has 0 saturated carbocycles. The molecule has 0 fully saturated rings. The average Bonchev–Trinajstić information content (AvgIpc) is 2.67. The fourth-order valence-corrected chi connectivity index (χ4v) is 3.67. The van der Waals surface area contributed by atoms with Gasteiger partial charge >= 0.3 is 0 Å². The molecule has 2 aromatic heterocycles. The van der Waals surface area contributed by atoms with Crippen molar-refractivity contribution in [2.45, 2.75) is 0 Å². The maximum absolute atomic E-state index is 8.71. The zero-order valence-corrected chi connectivity index (χ0v) is 19.9. The van der Waals surface area contributed by atoms with E-state index < -0.39 is 0 Å². The number of ether oxygens (including phenoxy) is 1. The van der Waals surface area contributed by atoms with Crippen LogP contribution in [0.25, 0.3) is 21.8 Å². The fourth-order valence-electron chi connectivity index (χ4n) is 2.33. The molecule has 0 unspecified atom stereocenters. The number of rotatable bonds is 3. The predicted molar refractivity (Wildman–Crippen MR) is 122 cm³/mol. The molecule has 0 aliphatic heterocycles. The van der Waals surface area contributed by atoms with Crippen molar-refractivity contribution in [1.82, 2.24) is 19.9 Å². The van der Waals surface area contributed by atoms with E-state index >= 15 is 0 Å². The lowest BCUT2D eigenvalue weighted by Crippen LogP contribution is -2.04. The highest BCUT2D eigenvalue weighted by Gasteiger charge is 2.08. The molecule has 150 valence electrons. The molecule has 0 bridgehead atoms. The molecular formula is C18H11Br2Cl3N4O2. The van der Waals surface area contributed by atoms with E-state index in [-0.39, 0.29) is 23.8 Å². The third-order valence-corrected chi connectivity index (χ3v) is 5.12. The van der Waals surface area contributed by atoms with E-state index in [0.717, 1.165) is 25.2 Å². The molecule has 6 nitrogen and oxygen atoms in total. The summed E-state index contributed by atoms with van der Waals surface area (Å²) in [4.78, 5) is 15.9. The summed E-state index contributed by atoms with van der Waals surface area (Å²) in [7, 11) is 0. The van der Waals surface area contributed by atoms with Crippen molar-refractivity contribution >= 4 is 88.5 Å². The lowest BCUT2D eigenvalue weighted by atomic mass is 10.2. The molecule has 2 heterocycles. The highest BCUT2D eigenvalue weighted by Crippen LogP contribution is 2.27. The second kappa shape index (κ2) is 10.1. The van der Waals surface area contributed by atoms with Crippen LogP contribution in [0.1, 0.15) is 0 Å². The zero-order valence-electron chi connectivity index (χ0n) is 14.4. The first-order chi connectivity index (χ1) is 13.9. The van der Waals surface area contributed by atoms with Gasteiger partial charge in [-0.25, -0.2) is 15.0 Å². The standard InChI is InChI=1S/C10H8BrClN2O2.C8H3BrCl2N2/c11-6-1-2-8-7(5-6)9(16-4-3-15)14-10(12)13-8;9-4-1-2-6-5(3-4)7(10)13-8(11)12-6/h1-2,5,15H,3-4H2;1-3H. The van der Waals surface area contributed by atoms with Gasteiger partial charge in [0.2, 0.25) is 16.4 Å². The minimum absolute atomic E-state index is 0.0723. The van der Waals surface area contributed by atoms with Gasteiger partial charge in [0.25, 0.3) is 0 Å². The summed E-state index contributed by atoms with van der Waals surface area (Å²) >= 11 is 24.0. The average molecular weight is 581 g/mol. The monoisotopic (exact) mass is 578 g/mol. The van der Waals surface area contributed by atoms with Crippen molar-refractivity contribution in [1.29, 1.82) is 0 Å². The Morgan fingerprint density at radius 1 is 0.793 bits per heavy atom. The minimum atomic E-state index is -0.0723. The topological polar surface area (TPSA) is 81.0 Å². The molecule has 0 aliphatic rings. The molecule has 2 aromatic carbocycles. The normalized spacial score (nSPS) is 10.7. The van der Waals surface area contributed by atoms with Crippen molar-refractivity contribution in [2.75, 3.05) is 13.2 Å². The molecule has 1 N–H and O–H groups in total. The van der Waals surface area contributed by atoms with Gasteiger partial charge in [-0.2, -0.15) is 4.98 Å².